The van der Waals surface area contributed by atoms with Crippen LogP contribution in [-0.2, 0) is 15.0 Å². The summed E-state index contributed by atoms with van der Waals surface area (Å²) in [6.45, 7) is 7.49. The lowest BCUT2D eigenvalue weighted by Crippen LogP contribution is -2.16. The third-order valence-electron chi connectivity index (χ3n) is 4.77. The molecule has 0 aromatic heterocycles. The summed E-state index contributed by atoms with van der Waals surface area (Å²) in [7, 11) is 0. The number of amides is 1. The van der Waals surface area contributed by atoms with E-state index in [1.165, 1.54) is 5.56 Å². The molecule has 1 aliphatic rings. The van der Waals surface area contributed by atoms with Crippen LogP contribution in [0.2, 0.25) is 0 Å². The number of rotatable bonds is 6. The molecule has 0 saturated carbocycles. The number of allylic oxidation sites excluding steroid dienone is 1. The Kier molecular flexibility index (Phi) is 6.37. The fourth-order valence-electron chi connectivity index (χ4n) is 3.16. The van der Waals surface area contributed by atoms with E-state index in [0.717, 1.165) is 17.4 Å². The molecular weight excluding hydrogens is 366 g/mol. The van der Waals surface area contributed by atoms with Gasteiger partial charge in [-0.3, -0.25) is 4.79 Å². The van der Waals surface area contributed by atoms with Crippen molar-refractivity contribution < 1.29 is 19.1 Å². The molecule has 1 amide bonds. The summed E-state index contributed by atoms with van der Waals surface area (Å²) < 4.78 is 11.1. The largest absolute Gasteiger partial charge is 0.486 e. The van der Waals surface area contributed by atoms with Gasteiger partial charge in [-0.05, 0) is 40.7 Å². The van der Waals surface area contributed by atoms with Gasteiger partial charge in [-0.15, -0.1) is 0 Å². The first-order chi connectivity index (χ1) is 13.9. The Bertz CT molecular complexity index is 907. The average molecular weight is 393 g/mol. The van der Waals surface area contributed by atoms with Crippen LogP contribution in [0.25, 0.3) is 5.57 Å². The van der Waals surface area contributed by atoms with E-state index < -0.39 is 0 Å². The van der Waals surface area contributed by atoms with Gasteiger partial charge in [0.25, 0.3) is 0 Å². The van der Waals surface area contributed by atoms with E-state index in [9.17, 15) is 9.59 Å². The molecule has 0 bridgehead atoms. The second kappa shape index (κ2) is 8.95. The van der Waals surface area contributed by atoms with Crippen LogP contribution in [0.5, 0.6) is 11.5 Å². The molecule has 0 saturated heterocycles. The molecule has 0 spiro atoms. The van der Waals surface area contributed by atoms with E-state index in [2.05, 4.69) is 38.2 Å². The van der Waals surface area contributed by atoms with Gasteiger partial charge in [-0.25, -0.2) is 0 Å². The number of carbonyl (C=O) groups is 2. The van der Waals surface area contributed by atoms with Crippen molar-refractivity contribution in [1.82, 2.24) is 0 Å². The fourth-order valence-corrected chi connectivity index (χ4v) is 3.16. The summed E-state index contributed by atoms with van der Waals surface area (Å²) in [5.74, 6) is 1.05. The first-order valence-electron chi connectivity index (χ1n) is 9.82. The highest BCUT2D eigenvalue weighted by molar-refractivity contribution is 6.04. The quantitative estimate of drug-likeness (QED) is 0.568. The third kappa shape index (κ3) is 5.47. The maximum atomic E-state index is 12.6. The predicted molar refractivity (Wildman–Crippen MR) is 114 cm³/mol. The highest BCUT2D eigenvalue weighted by Crippen LogP contribution is 2.32. The number of benzene rings is 2. The molecule has 0 radical (unpaired) electrons. The van der Waals surface area contributed by atoms with Gasteiger partial charge in [-0.1, -0.05) is 45.0 Å². The molecule has 152 valence electrons. The standard InChI is InChI=1S/C24H27NO4/c1-24(2,3)19-8-6-17(7-9-19)18(5-4-12-26)15-23(27)25-20-10-11-21-22(16-20)29-14-13-28-21/h6-12,15-16H,4-5,13-14H2,1-3H3,(H,25,27)/b18-15+. The smallest absolute Gasteiger partial charge is 0.248 e. The van der Waals surface area contributed by atoms with E-state index in [4.69, 9.17) is 9.47 Å². The lowest BCUT2D eigenvalue weighted by Gasteiger charge is -2.19. The monoisotopic (exact) mass is 393 g/mol. The lowest BCUT2D eigenvalue weighted by atomic mass is 9.86. The van der Waals surface area contributed by atoms with Gasteiger partial charge in [0.15, 0.2) is 11.5 Å². The summed E-state index contributed by atoms with van der Waals surface area (Å²) in [4.78, 5) is 23.5. The highest BCUT2D eigenvalue weighted by Gasteiger charge is 2.15. The van der Waals surface area contributed by atoms with Crippen molar-refractivity contribution in [1.29, 1.82) is 0 Å². The minimum absolute atomic E-state index is 0.0564. The van der Waals surface area contributed by atoms with Gasteiger partial charge in [-0.2, -0.15) is 0 Å². The number of carbonyl (C=O) groups excluding carboxylic acids is 2. The number of fused-ring (bicyclic) bond motifs is 1. The van der Waals surface area contributed by atoms with Gasteiger partial charge in [0.1, 0.15) is 19.5 Å². The van der Waals surface area contributed by atoms with Crippen LogP contribution in [0.1, 0.15) is 44.7 Å². The molecule has 2 aromatic rings. The van der Waals surface area contributed by atoms with E-state index in [1.54, 1.807) is 24.3 Å². The molecule has 3 rings (SSSR count). The Labute approximate surface area is 171 Å². The number of hydrogen-bond donors (Lipinski definition) is 1. The fraction of sp³-hybridized carbons (Fsp3) is 0.333. The topological polar surface area (TPSA) is 64.6 Å². The molecule has 29 heavy (non-hydrogen) atoms. The molecule has 1 N–H and O–H groups in total. The molecule has 0 fully saturated rings. The van der Waals surface area contributed by atoms with E-state index in [-0.39, 0.29) is 11.3 Å². The summed E-state index contributed by atoms with van der Waals surface area (Å²) >= 11 is 0. The van der Waals surface area contributed by atoms with Gasteiger partial charge in [0.05, 0.1) is 0 Å². The van der Waals surface area contributed by atoms with Crippen LogP contribution < -0.4 is 14.8 Å². The molecular formula is C24H27NO4. The number of aldehydes is 1. The maximum absolute atomic E-state index is 12.6. The molecule has 1 aliphatic heterocycles. The minimum Gasteiger partial charge on any atom is -0.486 e. The first-order valence-corrected chi connectivity index (χ1v) is 9.82. The molecule has 1 heterocycles. The zero-order valence-corrected chi connectivity index (χ0v) is 17.2. The Hall–Kier alpha value is -3.08. The van der Waals surface area contributed by atoms with Crippen molar-refractivity contribution in [2.45, 2.75) is 39.0 Å². The summed E-state index contributed by atoms with van der Waals surface area (Å²) in [6.07, 6.45) is 3.31. The molecule has 5 nitrogen and oxygen atoms in total. The number of anilines is 1. The second-order valence-electron chi connectivity index (χ2n) is 8.05. The summed E-state index contributed by atoms with van der Waals surface area (Å²) in [6, 6.07) is 13.5. The molecule has 0 atom stereocenters. The number of nitrogens with one attached hydrogen (secondary N) is 1. The molecule has 5 heteroatoms. The minimum atomic E-state index is -0.248. The van der Waals surface area contributed by atoms with Crippen molar-refractivity contribution in [2.24, 2.45) is 0 Å². The SMILES string of the molecule is CC(C)(C)c1ccc(/C(=C/C(=O)Nc2ccc3c(c2)OCCO3)CCC=O)cc1. The van der Waals surface area contributed by atoms with Crippen LogP contribution in [0.15, 0.2) is 48.5 Å². The van der Waals surface area contributed by atoms with Crippen molar-refractivity contribution in [3.8, 4) is 11.5 Å². The Morgan fingerprint density at radius 1 is 1.03 bits per heavy atom. The van der Waals surface area contributed by atoms with E-state index in [0.29, 0.717) is 43.2 Å². The molecule has 2 aromatic carbocycles. The van der Waals surface area contributed by atoms with Crippen molar-refractivity contribution >= 4 is 23.5 Å². The first kappa shape index (κ1) is 20.6. The van der Waals surface area contributed by atoms with Crippen molar-refractivity contribution in [2.75, 3.05) is 18.5 Å². The summed E-state index contributed by atoms with van der Waals surface area (Å²) in [5.41, 5.74) is 3.68. The van der Waals surface area contributed by atoms with Crippen LogP contribution in [0.4, 0.5) is 5.69 Å². The normalized spacial score (nSPS) is 13.7. The summed E-state index contributed by atoms with van der Waals surface area (Å²) in [5, 5.41) is 2.87. The molecule has 0 aliphatic carbocycles. The predicted octanol–water partition coefficient (Wildman–Crippen LogP) is 4.76. The van der Waals surface area contributed by atoms with Crippen molar-refractivity contribution in [3.05, 3.63) is 59.7 Å². The van der Waals surface area contributed by atoms with Gasteiger partial charge < -0.3 is 19.6 Å². The van der Waals surface area contributed by atoms with Gasteiger partial charge in [0.2, 0.25) is 5.91 Å². The van der Waals surface area contributed by atoms with Crippen molar-refractivity contribution in [3.63, 3.8) is 0 Å². The Morgan fingerprint density at radius 3 is 2.38 bits per heavy atom. The highest BCUT2D eigenvalue weighted by atomic mass is 16.6. The van der Waals surface area contributed by atoms with Crippen LogP contribution in [0.3, 0.4) is 0 Å². The van der Waals surface area contributed by atoms with E-state index >= 15 is 0 Å². The van der Waals surface area contributed by atoms with Crippen LogP contribution in [-0.4, -0.2) is 25.4 Å². The van der Waals surface area contributed by atoms with Crippen LogP contribution in [0, 0.1) is 0 Å². The molecule has 0 unspecified atom stereocenters. The van der Waals surface area contributed by atoms with E-state index in [1.807, 2.05) is 12.1 Å². The Balaban J connectivity index is 1.78. The third-order valence-corrected chi connectivity index (χ3v) is 4.77. The average Bonchev–Trinajstić information content (AvgIpc) is 2.70. The number of ether oxygens (including phenoxy) is 2. The van der Waals surface area contributed by atoms with Gasteiger partial charge >= 0.3 is 0 Å². The van der Waals surface area contributed by atoms with Gasteiger partial charge in [0, 0.05) is 24.3 Å². The second-order valence-corrected chi connectivity index (χ2v) is 8.05. The Morgan fingerprint density at radius 2 is 1.72 bits per heavy atom. The lowest BCUT2D eigenvalue weighted by molar-refractivity contribution is -0.112. The number of hydrogen-bond acceptors (Lipinski definition) is 4. The zero-order chi connectivity index (χ0) is 20.9. The zero-order valence-electron chi connectivity index (χ0n) is 17.2. The van der Waals surface area contributed by atoms with Crippen LogP contribution >= 0.6 is 0 Å². The maximum Gasteiger partial charge on any atom is 0.248 e.